The normalized spacial score (nSPS) is 9.80. The fraction of sp³-hybridized carbons (Fsp3) is 0.429. The molecule has 0 spiro atoms. The number of nitrogens with zero attached hydrogens (tertiary/aromatic N) is 2. The summed E-state index contributed by atoms with van der Waals surface area (Å²) in [5.74, 6) is 0.564. The van der Waals surface area contributed by atoms with Crippen molar-refractivity contribution in [3.05, 3.63) is 18.2 Å². The Hall–Kier alpha value is -1.12. The molecule has 0 N–H and O–H groups in total. The molecule has 1 heterocycles. The van der Waals surface area contributed by atoms with Crippen LogP contribution in [-0.2, 0) is 6.54 Å². The van der Waals surface area contributed by atoms with Crippen molar-refractivity contribution >= 4 is 5.78 Å². The van der Waals surface area contributed by atoms with E-state index < -0.39 is 0 Å². The van der Waals surface area contributed by atoms with Crippen LogP contribution in [0.4, 0.5) is 0 Å². The first kappa shape index (κ1) is 6.99. The molecule has 0 aliphatic carbocycles. The summed E-state index contributed by atoms with van der Waals surface area (Å²) in [5.41, 5.74) is 0. The number of imidazole rings is 1. The van der Waals surface area contributed by atoms with Crippen molar-refractivity contribution in [2.24, 2.45) is 0 Å². The molecule has 1 aromatic rings. The molecule has 0 saturated heterocycles. The van der Waals surface area contributed by atoms with Crippen molar-refractivity contribution < 1.29 is 4.79 Å². The second-order valence-corrected chi connectivity index (χ2v) is 2.09. The van der Waals surface area contributed by atoms with Gasteiger partial charge in [-0.1, -0.05) is 0 Å². The molecule has 0 bridgehead atoms. The van der Waals surface area contributed by atoms with Gasteiger partial charge in [0.2, 0.25) is 0 Å². The molecule has 10 heavy (non-hydrogen) atoms. The summed E-state index contributed by atoms with van der Waals surface area (Å²) < 4.78 is 1.82. The molecule has 0 fully saturated rings. The zero-order valence-electron chi connectivity index (χ0n) is 6.16. The number of hydrogen-bond donors (Lipinski definition) is 0. The smallest absolute Gasteiger partial charge is 0.195 e. The van der Waals surface area contributed by atoms with Gasteiger partial charge in [-0.3, -0.25) is 4.79 Å². The number of ketones is 1. The Morgan fingerprint density at radius 1 is 1.80 bits per heavy atom. The number of aromatic nitrogens is 2. The van der Waals surface area contributed by atoms with Crippen molar-refractivity contribution in [2.75, 3.05) is 0 Å². The maximum atomic E-state index is 10.8. The lowest BCUT2D eigenvalue weighted by atomic mass is 10.4. The summed E-state index contributed by atoms with van der Waals surface area (Å²) in [6, 6.07) is 0. The van der Waals surface area contributed by atoms with Crippen LogP contribution in [-0.4, -0.2) is 15.3 Å². The topological polar surface area (TPSA) is 34.9 Å². The van der Waals surface area contributed by atoms with Crippen molar-refractivity contribution in [1.82, 2.24) is 9.55 Å². The molecule has 0 unspecified atom stereocenters. The first-order chi connectivity index (χ1) is 4.75. The van der Waals surface area contributed by atoms with Gasteiger partial charge in [-0.2, -0.15) is 0 Å². The van der Waals surface area contributed by atoms with Gasteiger partial charge in [-0.15, -0.1) is 0 Å². The molecule has 0 saturated carbocycles. The first-order valence-electron chi connectivity index (χ1n) is 3.27. The third-order valence-electron chi connectivity index (χ3n) is 1.37. The zero-order valence-corrected chi connectivity index (χ0v) is 6.16. The zero-order chi connectivity index (χ0) is 7.56. The van der Waals surface area contributed by atoms with Crippen LogP contribution < -0.4 is 0 Å². The molecule has 54 valence electrons. The Bertz CT molecular complexity index is 240. The minimum Gasteiger partial charge on any atom is -0.329 e. The molecule has 0 aromatic carbocycles. The van der Waals surface area contributed by atoms with Crippen LogP contribution >= 0.6 is 0 Å². The predicted octanol–water partition coefficient (Wildman–Crippen LogP) is 1.11. The number of carbonyl (C=O) groups is 1. The van der Waals surface area contributed by atoms with Gasteiger partial charge in [0, 0.05) is 25.9 Å². The van der Waals surface area contributed by atoms with Gasteiger partial charge in [0.1, 0.15) is 0 Å². The van der Waals surface area contributed by atoms with Crippen LogP contribution in [0.25, 0.3) is 0 Å². The van der Waals surface area contributed by atoms with Crippen LogP contribution in [0.15, 0.2) is 12.4 Å². The lowest BCUT2D eigenvalue weighted by Gasteiger charge is -1.98. The molecule has 0 amide bonds. The number of aryl methyl sites for hydroxylation is 1. The largest absolute Gasteiger partial charge is 0.329 e. The van der Waals surface area contributed by atoms with E-state index in [4.69, 9.17) is 0 Å². The van der Waals surface area contributed by atoms with Gasteiger partial charge < -0.3 is 4.57 Å². The second-order valence-electron chi connectivity index (χ2n) is 2.09. The highest BCUT2D eigenvalue weighted by Gasteiger charge is 2.04. The highest BCUT2D eigenvalue weighted by Crippen LogP contribution is 1.96. The number of rotatable bonds is 2. The summed E-state index contributed by atoms with van der Waals surface area (Å²) in [5, 5.41) is 0. The van der Waals surface area contributed by atoms with Crippen LogP contribution in [0.3, 0.4) is 0 Å². The molecule has 0 aliphatic heterocycles. The number of Topliss-reactive ketones (excluding diaryl/α,β-unsaturated/α-hetero) is 1. The number of carbonyl (C=O) groups excluding carboxylic acids is 1. The van der Waals surface area contributed by atoms with Crippen LogP contribution in [0, 0.1) is 0 Å². The Kier molecular flexibility index (Phi) is 1.85. The SMILES string of the molecule is CCn1ccnc1C(C)=O. The van der Waals surface area contributed by atoms with Gasteiger partial charge in [-0.05, 0) is 6.92 Å². The van der Waals surface area contributed by atoms with Gasteiger partial charge >= 0.3 is 0 Å². The van der Waals surface area contributed by atoms with E-state index in [1.54, 1.807) is 12.4 Å². The lowest BCUT2D eigenvalue weighted by molar-refractivity contribution is 0.0999. The Balaban J connectivity index is 3.01. The van der Waals surface area contributed by atoms with Gasteiger partial charge in [0.05, 0.1) is 0 Å². The third kappa shape index (κ3) is 1.07. The Morgan fingerprint density at radius 2 is 2.50 bits per heavy atom. The fourth-order valence-electron chi connectivity index (χ4n) is 0.877. The Labute approximate surface area is 59.7 Å². The molecule has 3 heteroatoms. The van der Waals surface area contributed by atoms with E-state index in [0.29, 0.717) is 5.82 Å². The quantitative estimate of drug-likeness (QED) is 0.574. The molecule has 1 aromatic heterocycles. The summed E-state index contributed by atoms with van der Waals surface area (Å²) in [4.78, 5) is 14.7. The van der Waals surface area contributed by atoms with E-state index in [-0.39, 0.29) is 5.78 Å². The monoisotopic (exact) mass is 138 g/mol. The molecule has 1 rings (SSSR count). The fourth-order valence-corrected chi connectivity index (χ4v) is 0.877. The minimum atomic E-state index is 0.0202. The van der Waals surface area contributed by atoms with Gasteiger partial charge in [0.15, 0.2) is 11.6 Å². The van der Waals surface area contributed by atoms with E-state index in [1.165, 1.54) is 6.92 Å². The van der Waals surface area contributed by atoms with Crippen LogP contribution in [0.2, 0.25) is 0 Å². The van der Waals surface area contributed by atoms with Crippen LogP contribution in [0.1, 0.15) is 24.5 Å². The first-order valence-corrected chi connectivity index (χ1v) is 3.27. The Morgan fingerprint density at radius 3 is 2.90 bits per heavy atom. The number of hydrogen-bond acceptors (Lipinski definition) is 2. The van der Waals surface area contributed by atoms with Gasteiger partial charge in [0.25, 0.3) is 0 Å². The average molecular weight is 138 g/mol. The lowest BCUT2D eigenvalue weighted by Crippen LogP contribution is -2.05. The maximum absolute atomic E-state index is 10.8. The molecular weight excluding hydrogens is 128 g/mol. The highest BCUT2D eigenvalue weighted by atomic mass is 16.1. The van der Waals surface area contributed by atoms with Gasteiger partial charge in [-0.25, -0.2) is 4.98 Å². The summed E-state index contributed by atoms with van der Waals surface area (Å²) in [6.07, 6.45) is 3.44. The van der Waals surface area contributed by atoms with Crippen molar-refractivity contribution in [2.45, 2.75) is 20.4 Å². The predicted molar refractivity (Wildman–Crippen MR) is 37.9 cm³/mol. The van der Waals surface area contributed by atoms with Crippen molar-refractivity contribution in [3.8, 4) is 0 Å². The van der Waals surface area contributed by atoms with E-state index >= 15 is 0 Å². The summed E-state index contributed by atoms with van der Waals surface area (Å²) >= 11 is 0. The van der Waals surface area contributed by atoms with E-state index in [1.807, 2.05) is 11.5 Å². The standard InChI is InChI=1S/C7H10N2O/c1-3-9-5-4-8-7(9)6(2)10/h4-5H,3H2,1-2H3. The molecule has 0 radical (unpaired) electrons. The maximum Gasteiger partial charge on any atom is 0.195 e. The van der Waals surface area contributed by atoms with E-state index in [9.17, 15) is 4.79 Å². The van der Waals surface area contributed by atoms with Crippen LogP contribution in [0.5, 0.6) is 0 Å². The summed E-state index contributed by atoms with van der Waals surface area (Å²) in [7, 11) is 0. The van der Waals surface area contributed by atoms with E-state index in [2.05, 4.69) is 4.98 Å². The molecular formula is C7H10N2O. The van der Waals surface area contributed by atoms with Crippen molar-refractivity contribution in [1.29, 1.82) is 0 Å². The highest BCUT2D eigenvalue weighted by molar-refractivity contribution is 5.90. The molecule has 0 atom stereocenters. The summed E-state index contributed by atoms with van der Waals surface area (Å²) in [6.45, 7) is 4.30. The third-order valence-corrected chi connectivity index (χ3v) is 1.37. The minimum absolute atomic E-state index is 0.0202. The average Bonchev–Trinajstić information content (AvgIpc) is 2.33. The molecule has 0 aliphatic rings. The second kappa shape index (κ2) is 2.64. The van der Waals surface area contributed by atoms with E-state index in [0.717, 1.165) is 6.54 Å². The molecule has 3 nitrogen and oxygen atoms in total. The van der Waals surface area contributed by atoms with Crippen molar-refractivity contribution in [3.63, 3.8) is 0 Å².